The molecule has 1 N–H and O–H groups in total. The average molecular weight is 448 g/mol. The lowest BCUT2D eigenvalue weighted by Gasteiger charge is -2.19. The maximum atomic E-state index is 12.0. The third-order valence-corrected chi connectivity index (χ3v) is 6.26. The van der Waals surface area contributed by atoms with Gasteiger partial charge in [0.05, 0.1) is 11.3 Å². The molecule has 0 bridgehead atoms. The van der Waals surface area contributed by atoms with E-state index in [1.165, 1.54) is 22.9 Å². The molecule has 6 nitrogen and oxygen atoms in total. The van der Waals surface area contributed by atoms with Gasteiger partial charge in [0.1, 0.15) is 5.52 Å². The lowest BCUT2D eigenvalue weighted by molar-refractivity contribution is -0.118. The Labute approximate surface area is 192 Å². The minimum absolute atomic E-state index is 0.0139. The highest BCUT2D eigenvalue weighted by atomic mass is 32.2. The summed E-state index contributed by atoms with van der Waals surface area (Å²) in [5.41, 5.74) is 5.29. The number of thioether (sulfide) groups is 1. The Hall–Kier alpha value is -2.93. The van der Waals surface area contributed by atoms with Crippen molar-refractivity contribution in [1.82, 2.24) is 25.1 Å². The first-order chi connectivity index (χ1) is 15.4. The Morgan fingerprint density at radius 3 is 2.53 bits per heavy atom. The van der Waals surface area contributed by atoms with Gasteiger partial charge < -0.3 is 9.88 Å². The zero-order valence-electron chi connectivity index (χ0n) is 19.1. The van der Waals surface area contributed by atoms with E-state index in [1.807, 2.05) is 19.1 Å². The van der Waals surface area contributed by atoms with Crippen LogP contribution in [0.5, 0.6) is 0 Å². The van der Waals surface area contributed by atoms with Gasteiger partial charge in [0.15, 0.2) is 5.65 Å². The van der Waals surface area contributed by atoms with E-state index in [1.54, 1.807) is 0 Å². The van der Waals surface area contributed by atoms with Crippen LogP contribution in [0.15, 0.2) is 53.7 Å². The number of para-hydroxylation sites is 1. The largest absolute Gasteiger partial charge is 0.355 e. The Kier molecular flexibility index (Phi) is 6.46. The van der Waals surface area contributed by atoms with Crippen LogP contribution in [-0.4, -0.2) is 38.0 Å². The van der Waals surface area contributed by atoms with Gasteiger partial charge in [0.25, 0.3) is 0 Å². The maximum absolute atomic E-state index is 12.0. The van der Waals surface area contributed by atoms with E-state index in [0.29, 0.717) is 18.2 Å². The van der Waals surface area contributed by atoms with Gasteiger partial charge in [-0.3, -0.25) is 4.79 Å². The molecular weight excluding hydrogens is 418 g/mol. The van der Waals surface area contributed by atoms with E-state index < -0.39 is 0 Å². The molecule has 2 aromatic carbocycles. The number of amides is 1. The molecule has 2 aromatic heterocycles. The number of hydrogen-bond donors (Lipinski definition) is 1. The smallest absolute Gasteiger partial charge is 0.230 e. The van der Waals surface area contributed by atoms with Crippen LogP contribution in [0.2, 0.25) is 0 Å². The van der Waals surface area contributed by atoms with Crippen LogP contribution in [0.1, 0.15) is 45.2 Å². The molecule has 0 unspecified atom stereocenters. The lowest BCUT2D eigenvalue weighted by Crippen LogP contribution is -2.25. The molecule has 0 aliphatic carbocycles. The zero-order chi connectivity index (χ0) is 22.7. The van der Waals surface area contributed by atoms with E-state index in [4.69, 9.17) is 4.98 Å². The van der Waals surface area contributed by atoms with Gasteiger partial charge in [0.2, 0.25) is 11.1 Å². The van der Waals surface area contributed by atoms with Crippen molar-refractivity contribution in [2.75, 3.05) is 12.3 Å². The third-order valence-electron chi connectivity index (χ3n) is 5.42. The molecule has 32 heavy (non-hydrogen) atoms. The Morgan fingerprint density at radius 1 is 1.06 bits per heavy atom. The first-order valence-electron chi connectivity index (χ1n) is 11.0. The van der Waals surface area contributed by atoms with Crippen LogP contribution in [0, 0.1) is 0 Å². The van der Waals surface area contributed by atoms with Gasteiger partial charge in [-0.25, -0.2) is 4.98 Å². The summed E-state index contributed by atoms with van der Waals surface area (Å²) in [5, 5.41) is 13.2. The molecule has 0 atom stereocenters. The minimum Gasteiger partial charge on any atom is -0.355 e. The van der Waals surface area contributed by atoms with E-state index in [-0.39, 0.29) is 17.1 Å². The Morgan fingerprint density at radius 2 is 1.81 bits per heavy atom. The molecule has 0 aliphatic heterocycles. The minimum atomic E-state index is -0.0139. The predicted molar refractivity (Wildman–Crippen MR) is 131 cm³/mol. The molecule has 0 radical (unpaired) electrons. The van der Waals surface area contributed by atoms with Crippen molar-refractivity contribution in [3.05, 3.63) is 59.7 Å². The summed E-state index contributed by atoms with van der Waals surface area (Å²) in [7, 11) is 0. The molecule has 4 rings (SSSR count). The topological polar surface area (TPSA) is 72.7 Å². The summed E-state index contributed by atoms with van der Waals surface area (Å²) in [6.45, 7) is 10.1. The Balaban J connectivity index is 1.67. The molecule has 7 heteroatoms. The average Bonchev–Trinajstić information content (AvgIpc) is 3.09. The highest BCUT2D eigenvalue weighted by Gasteiger charge is 2.17. The van der Waals surface area contributed by atoms with Crippen LogP contribution in [0.4, 0.5) is 0 Å². The number of nitrogens with zero attached hydrogens (tertiary/aromatic N) is 4. The monoisotopic (exact) mass is 447 g/mol. The van der Waals surface area contributed by atoms with Gasteiger partial charge >= 0.3 is 0 Å². The second-order valence-corrected chi connectivity index (χ2v) is 9.90. The van der Waals surface area contributed by atoms with Crippen molar-refractivity contribution in [3.8, 4) is 0 Å². The Bertz CT molecular complexity index is 1240. The summed E-state index contributed by atoms with van der Waals surface area (Å²) in [5.74, 6) is 0.266. The van der Waals surface area contributed by atoms with Gasteiger partial charge in [0, 0.05) is 18.5 Å². The fourth-order valence-corrected chi connectivity index (χ4v) is 4.26. The number of hydrogen-bond acceptors (Lipinski definition) is 5. The number of rotatable bonds is 7. The van der Waals surface area contributed by atoms with Gasteiger partial charge in [-0.15, -0.1) is 10.2 Å². The highest BCUT2D eigenvalue weighted by molar-refractivity contribution is 7.99. The summed E-state index contributed by atoms with van der Waals surface area (Å²) in [6, 6.07) is 17.0. The molecule has 166 valence electrons. The van der Waals surface area contributed by atoms with Crippen LogP contribution < -0.4 is 5.32 Å². The van der Waals surface area contributed by atoms with Crippen LogP contribution in [0.3, 0.4) is 0 Å². The zero-order valence-corrected chi connectivity index (χ0v) is 19.9. The molecule has 2 heterocycles. The van der Waals surface area contributed by atoms with Gasteiger partial charge in [-0.2, -0.15) is 0 Å². The number of carbonyl (C=O) groups is 1. The van der Waals surface area contributed by atoms with E-state index >= 15 is 0 Å². The van der Waals surface area contributed by atoms with Crippen LogP contribution >= 0.6 is 11.8 Å². The molecule has 0 fully saturated rings. The molecule has 0 saturated carbocycles. The lowest BCUT2D eigenvalue weighted by atomic mass is 9.87. The molecule has 0 spiro atoms. The molecular formula is C25H29N5OS. The maximum Gasteiger partial charge on any atom is 0.230 e. The van der Waals surface area contributed by atoms with Crippen molar-refractivity contribution < 1.29 is 4.79 Å². The summed E-state index contributed by atoms with van der Waals surface area (Å²) >= 11 is 1.31. The van der Waals surface area contributed by atoms with Gasteiger partial charge in [-0.05, 0) is 29.0 Å². The quantitative estimate of drug-likeness (QED) is 0.406. The molecule has 0 aliphatic rings. The van der Waals surface area contributed by atoms with Gasteiger partial charge in [-0.1, -0.05) is 81.9 Å². The standard InChI is InChI=1S/C25H29N5OS/c1-5-14-26-21(31)16-32-24-27-23-22(28-29-24)19-8-6-7-9-20(19)30(23)15-17-10-12-18(13-11-17)25(2,3)4/h6-13H,5,14-16H2,1-4H3,(H,26,31). The highest BCUT2D eigenvalue weighted by Crippen LogP contribution is 2.29. The number of benzene rings is 2. The fraction of sp³-hybridized carbons (Fsp3) is 0.360. The summed E-state index contributed by atoms with van der Waals surface area (Å²) in [6.07, 6.45) is 0.914. The first kappa shape index (κ1) is 22.3. The number of fused-ring (bicyclic) bond motifs is 3. The normalized spacial score (nSPS) is 11.9. The van der Waals surface area contributed by atoms with Crippen LogP contribution in [0.25, 0.3) is 22.1 Å². The number of nitrogens with one attached hydrogen (secondary N) is 1. The molecule has 0 saturated heterocycles. The second kappa shape index (κ2) is 9.28. The summed E-state index contributed by atoms with van der Waals surface area (Å²) in [4.78, 5) is 16.8. The van der Waals surface area contributed by atoms with Crippen molar-refractivity contribution in [2.45, 2.75) is 51.2 Å². The van der Waals surface area contributed by atoms with Crippen molar-refractivity contribution in [2.24, 2.45) is 0 Å². The van der Waals surface area contributed by atoms with Crippen molar-refractivity contribution >= 4 is 39.7 Å². The number of aromatic nitrogens is 4. The first-order valence-corrected chi connectivity index (χ1v) is 12.0. The van der Waals surface area contributed by atoms with E-state index in [9.17, 15) is 4.79 Å². The molecule has 4 aromatic rings. The van der Waals surface area contributed by atoms with Crippen molar-refractivity contribution in [3.63, 3.8) is 0 Å². The predicted octanol–water partition coefficient (Wildman–Crippen LogP) is 4.94. The SMILES string of the molecule is CCCNC(=O)CSc1nnc2c3ccccc3n(Cc3ccc(C(C)(C)C)cc3)c2n1. The number of carbonyl (C=O) groups excluding carboxylic acids is 1. The summed E-state index contributed by atoms with van der Waals surface area (Å²) < 4.78 is 2.19. The van der Waals surface area contributed by atoms with E-state index in [0.717, 1.165) is 28.5 Å². The third kappa shape index (κ3) is 4.78. The van der Waals surface area contributed by atoms with Crippen molar-refractivity contribution in [1.29, 1.82) is 0 Å². The molecule has 1 amide bonds. The van der Waals surface area contributed by atoms with E-state index in [2.05, 4.69) is 77.3 Å². The fourth-order valence-electron chi connectivity index (χ4n) is 3.65. The van der Waals surface area contributed by atoms with Crippen LogP contribution in [-0.2, 0) is 16.8 Å². The second-order valence-electron chi connectivity index (χ2n) is 8.96.